The van der Waals surface area contributed by atoms with Gasteiger partial charge in [-0.15, -0.1) is 0 Å². The van der Waals surface area contributed by atoms with Gasteiger partial charge in [0.25, 0.3) is 0 Å². The van der Waals surface area contributed by atoms with Crippen LogP contribution in [0.15, 0.2) is 27.1 Å². The second kappa shape index (κ2) is 5.00. The van der Waals surface area contributed by atoms with E-state index in [-0.39, 0.29) is 6.61 Å². The van der Waals surface area contributed by atoms with Gasteiger partial charge in [-0.1, -0.05) is 37.9 Å². The second-order valence-corrected chi connectivity index (χ2v) is 4.33. The van der Waals surface area contributed by atoms with Gasteiger partial charge in [-0.3, -0.25) is 0 Å². The Morgan fingerprint density at radius 2 is 2.00 bits per heavy atom. The van der Waals surface area contributed by atoms with Crippen LogP contribution < -0.4 is 0 Å². The molecule has 0 saturated heterocycles. The van der Waals surface area contributed by atoms with Crippen LogP contribution in [0.2, 0.25) is 0 Å². The molecular formula is C9H10Br2O. The highest BCUT2D eigenvalue weighted by Crippen LogP contribution is 2.22. The summed E-state index contributed by atoms with van der Waals surface area (Å²) in [6, 6.07) is 6.09. The third-order valence-electron chi connectivity index (χ3n) is 1.62. The van der Waals surface area contributed by atoms with Crippen molar-refractivity contribution in [2.45, 2.75) is 12.8 Å². The molecule has 0 atom stereocenters. The van der Waals surface area contributed by atoms with Crippen molar-refractivity contribution in [1.82, 2.24) is 0 Å². The van der Waals surface area contributed by atoms with E-state index in [2.05, 4.69) is 37.9 Å². The number of aliphatic hydroxyl groups is 1. The molecule has 1 N–H and O–H groups in total. The van der Waals surface area contributed by atoms with E-state index in [9.17, 15) is 0 Å². The number of hydrogen-bond donors (Lipinski definition) is 1. The van der Waals surface area contributed by atoms with Gasteiger partial charge in [-0.25, -0.2) is 0 Å². The topological polar surface area (TPSA) is 20.2 Å². The van der Waals surface area contributed by atoms with E-state index in [4.69, 9.17) is 5.11 Å². The number of aryl methyl sites for hydroxylation is 1. The molecular weight excluding hydrogens is 284 g/mol. The van der Waals surface area contributed by atoms with Crippen LogP contribution in [0.4, 0.5) is 0 Å². The molecule has 0 saturated carbocycles. The maximum atomic E-state index is 8.65. The lowest BCUT2D eigenvalue weighted by Gasteiger charge is -2.02. The SMILES string of the molecule is OCCCc1ccc(Br)cc1Br. The molecule has 0 radical (unpaired) electrons. The average molecular weight is 294 g/mol. The van der Waals surface area contributed by atoms with Crippen molar-refractivity contribution in [2.24, 2.45) is 0 Å². The Labute approximate surface area is 89.1 Å². The Balaban J connectivity index is 2.72. The van der Waals surface area contributed by atoms with Crippen molar-refractivity contribution in [1.29, 1.82) is 0 Å². The molecule has 0 aliphatic heterocycles. The molecule has 0 unspecified atom stereocenters. The first-order valence-corrected chi connectivity index (χ1v) is 5.37. The smallest absolute Gasteiger partial charge is 0.0434 e. The number of benzene rings is 1. The van der Waals surface area contributed by atoms with Crippen LogP contribution in [-0.4, -0.2) is 11.7 Å². The first kappa shape index (κ1) is 10.2. The molecule has 1 aromatic carbocycles. The van der Waals surface area contributed by atoms with E-state index >= 15 is 0 Å². The van der Waals surface area contributed by atoms with Crippen molar-refractivity contribution in [3.05, 3.63) is 32.7 Å². The molecule has 1 nitrogen and oxygen atoms in total. The van der Waals surface area contributed by atoms with E-state index in [1.165, 1.54) is 5.56 Å². The third-order valence-corrected chi connectivity index (χ3v) is 2.85. The van der Waals surface area contributed by atoms with Gasteiger partial charge in [-0.2, -0.15) is 0 Å². The number of aliphatic hydroxyl groups excluding tert-OH is 1. The lowest BCUT2D eigenvalue weighted by atomic mass is 10.1. The Hall–Kier alpha value is 0.140. The zero-order valence-electron chi connectivity index (χ0n) is 6.56. The summed E-state index contributed by atoms with van der Waals surface area (Å²) in [5, 5.41) is 8.65. The normalized spacial score (nSPS) is 10.2. The lowest BCUT2D eigenvalue weighted by Crippen LogP contribution is -1.90. The minimum Gasteiger partial charge on any atom is -0.396 e. The maximum Gasteiger partial charge on any atom is 0.0434 e. The van der Waals surface area contributed by atoms with Crippen molar-refractivity contribution < 1.29 is 5.11 Å². The largest absolute Gasteiger partial charge is 0.396 e. The zero-order valence-corrected chi connectivity index (χ0v) is 9.73. The summed E-state index contributed by atoms with van der Waals surface area (Å²) in [4.78, 5) is 0. The van der Waals surface area contributed by atoms with Gasteiger partial charge in [0, 0.05) is 15.6 Å². The highest BCUT2D eigenvalue weighted by atomic mass is 79.9. The van der Waals surface area contributed by atoms with E-state index in [0.29, 0.717) is 0 Å². The fourth-order valence-corrected chi connectivity index (χ4v) is 2.24. The second-order valence-electron chi connectivity index (χ2n) is 2.56. The van der Waals surface area contributed by atoms with E-state index in [1.807, 2.05) is 12.1 Å². The molecule has 1 aromatic rings. The summed E-state index contributed by atoms with van der Waals surface area (Å²) in [5.41, 5.74) is 1.24. The standard InChI is InChI=1S/C9H10Br2O/c10-8-4-3-7(2-1-5-12)9(11)6-8/h3-4,6,12H,1-2,5H2. The van der Waals surface area contributed by atoms with Gasteiger partial charge in [0.05, 0.1) is 0 Å². The molecule has 0 spiro atoms. The highest BCUT2D eigenvalue weighted by Gasteiger charge is 1.99. The molecule has 0 aliphatic rings. The van der Waals surface area contributed by atoms with E-state index in [1.54, 1.807) is 0 Å². The molecule has 0 aromatic heterocycles. The first-order chi connectivity index (χ1) is 5.74. The molecule has 0 bridgehead atoms. The monoisotopic (exact) mass is 292 g/mol. The van der Waals surface area contributed by atoms with Crippen molar-refractivity contribution in [3.8, 4) is 0 Å². The van der Waals surface area contributed by atoms with Gasteiger partial charge < -0.3 is 5.11 Å². The molecule has 66 valence electrons. The summed E-state index contributed by atoms with van der Waals surface area (Å²) in [6.45, 7) is 0.252. The molecule has 0 fully saturated rings. The van der Waals surface area contributed by atoms with E-state index in [0.717, 1.165) is 21.8 Å². The summed E-state index contributed by atoms with van der Waals surface area (Å²) in [6.07, 6.45) is 1.74. The predicted molar refractivity (Wildman–Crippen MR) is 57.2 cm³/mol. The van der Waals surface area contributed by atoms with E-state index < -0.39 is 0 Å². The Kier molecular flexibility index (Phi) is 4.26. The van der Waals surface area contributed by atoms with Crippen LogP contribution in [-0.2, 0) is 6.42 Å². The fourth-order valence-electron chi connectivity index (χ4n) is 0.994. The third kappa shape index (κ3) is 2.88. The van der Waals surface area contributed by atoms with Crippen LogP contribution in [0.3, 0.4) is 0 Å². The van der Waals surface area contributed by atoms with Gasteiger partial charge in [-0.05, 0) is 30.5 Å². The van der Waals surface area contributed by atoms with Crippen molar-refractivity contribution in [3.63, 3.8) is 0 Å². The molecule has 1 rings (SSSR count). The minimum atomic E-state index is 0.252. The Morgan fingerprint density at radius 3 is 2.58 bits per heavy atom. The zero-order chi connectivity index (χ0) is 8.97. The van der Waals surface area contributed by atoms with Gasteiger partial charge >= 0.3 is 0 Å². The molecule has 12 heavy (non-hydrogen) atoms. The minimum absolute atomic E-state index is 0.252. The Bertz CT molecular complexity index is 261. The van der Waals surface area contributed by atoms with Crippen LogP contribution in [0.1, 0.15) is 12.0 Å². The quantitative estimate of drug-likeness (QED) is 0.908. The summed E-state index contributed by atoms with van der Waals surface area (Å²) < 4.78 is 2.17. The number of halogens is 2. The van der Waals surface area contributed by atoms with Crippen LogP contribution in [0, 0.1) is 0 Å². The summed E-state index contributed by atoms with van der Waals surface area (Å²) in [5.74, 6) is 0. The highest BCUT2D eigenvalue weighted by molar-refractivity contribution is 9.11. The molecule has 0 heterocycles. The van der Waals surface area contributed by atoms with Crippen LogP contribution >= 0.6 is 31.9 Å². The average Bonchev–Trinajstić information content (AvgIpc) is 2.03. The lowest BCUT2D eigenvalue weighted by molar-refractivity contribution is 0.288. The fraction of sp³-hybridized carbons (Fsp3) is 0.333. The molecule has 0 amide bonds. The van der Waals surface area contributed by atoms with Crippen molar-refractivity contribution in [2.75, 3.05) is 6.61 Å². The molecule has 0 aliphatic carbocycles. The van der Waals surface area contributed by atoms with Crippen molar-refractivity contribution >= 4 is 31.9 Å². The number of hydrogen-bond acceptors (Lipinski definition) is 1. The van der Waals surface area contributed by atoms with Gasteiger partial charge in [0.1, 0.15) is 0 Å². The van der Waals surface area contributed by atoms with Crippen LogP contribution in [0.5, 0.6) is 0 Å². The predicted octanol–water partition coefficient (Wildman–Crippen LogP) is 3.14. The van der Waals surface area contributed by atoms with Gasteiger partial charge in [0.15, 0.2) is 0 Å². The summed E-state index contributed by atoms with van der Waals surface area (Å²) in [7, 11) is 0. The number of rotatable bonds is 3. The summed E-state index contributed by atoms with van der Waals surface area (Å²) >= 11 is 6.85. The van der Waals surface area contributed by atoms with Gasteiger partial charge in [0.2, 0.25) is 0 Å². The Morgan fingerprint density at radius 1 is 1.25 bits per heavy atom. The molecule has 3 heteroatoms. The maximum absolute atomic E-state index is 8.65. The first-order valence-electron chi connectivity index (χ1n) is 3.79. The van der Waals surface area contributed by atoms with Crippen LogP contribution in [0.25, 0.3) is 0 Å².